The number of piperidine rings is 1. The van der Waals surface area contributed by atoms with Gasteiger partial charge in [0.2, 0.25) is 5.95 Å². The van der Waals surface area contributed by atoms with Crippen molar-refractivity contribution in [3.05, 3.63) is 53.2 Å². The second-order valence-electron chi connectivity index (χ2n) is 9.92. The maximum absolute atomic E-state index is 14.5. The van der Waals surface area contributed by atoms with Gasteiger partial charge < -0.3 is 21.1 Å². The Hall–Kier alpha value is -3.93. The molecule has 12 heteroatoms. The molecule has 0 unspecified atom stereocenters. The second-order valence-corrected chi connectivity index (χ2v) is 9.92. The molecule has 4 rings (SSSR count). The van der Waals surface area contributed by atoms with Gasteiger partial charge in [-0.2, -0.15) is 10.1 Å². The van der Waals surface area contributed by atoms with Crippen molar-refractivity contribution in [3.63, 3.8) is 0 Å². The van der Waals surface area contributed by atoms with E-state index in [1.54, 1.807) is 30.2 Å². The summed E-state index contributed by atoms with van der Waals surface area (Å²) in [5.41, 5.74) is 5.05. The number of Topliss-reactive ketones (excluding diaryl/α,β-unsaturated/α-hetero) is 1. The molecule has 1 aliphatic heterocycles. The van der Waals surface area contributed by atoms with Crippen LogP contribution in [0.2, 0.25) is 0 Å². The average Bonchev–Trinajstić information content (AvgIpc) is 3.23. The fraction of sp³-hybridized carbons (Fsp3) is 0.440. The van der Waals surface area contributed by atoms with Crippen LogP contribution in [0, 0.1) is 11.7 Å². The van der Waals surface area contributed by atoms with Gasteiger partial charge in [0.15, 0.2) is 17.3 Å². The summed E-state index contributed by atoms with van der Waals surface area (Å²) < 4.78 is 16.1. The number of nitrogens with zero attached hydrogens (tertiary/aromatic N) is 6. The first-order chi connectivity index (χ1) is 17.4. The van der Waals surface area contributed by atoms with E-state index in [9.17, 15) is 19.1 Å². The third-order valence-corrected chi connectivity index (χ3v) is 6.68. The van der Waals surface area contributed by atoms with Crippen LogP contribution in [0.1, 0.15) is 66.4 Å². The highest BCUT2D eigenvalue weighted by atomic mass is 19.1. The number of rotatable bonds is 8. The first-order valence-electron chi connectivity index (χ1n) is 12.1. The lowest BCUT2D eigenvalue weighted by Crippen LogP contribution is -2.45. The molecule has 0 radical (unpaired) electrons. The molecule has 37 heavy (non-hydrogen) atoms. The highest BCUT2D eigenvalue weighted by Crippen LogP contribution is 2.31. The average molecular weight is 511 g/mol. The fourth-order valence-electron chi connectivity index (χ4n) is 4.63. The number of aryl methyl sites for hydroxylation is 1. The van der Waals surface area contributed by atoms with E-state index in [4.69, 9.17) is 5.73 Å². The van der Waals surface area contributed by atoms with Crippen LogP contribution in [0.4, 0.5) is 21.8 Å². The quantitative estimate of drug-likeness (QED) is 0.388. The normalized spacial score (nSPS) is 18.1. The summed E-state index contributed by atoms with van der Waals surface area (Å²) in [7, 11) is 1.76. The number of amides is 1. The number of halogens is 1. The van der Waals surface area contributed by atoms with E-state index in [0.717, 1.165) is 12.8 Å². The Balaban J connectivity index is 1.53. The van der Waals surface area contributed by atoms with E-state index in [-0.39, 0.29) is 46.8 Å². The van der Waals surface area contributed by atoms with Crippen LogP contribution in [0.15, 0.2) is 30.6 Å². The van der Waals surface area contributed by atoms with E-state index < -0.39 is 17.3 Å². The van der Waals surface area contributed by atoms with E-state index >= 15 is 0 Å². The molecular weight excluding hydrogens is 479 g/mol. The van der Waals surface area contributed by atoms with Crippen molar-refractivity contribution in [1.29, 1.82) is 0 Å². The van der Waals surface area contributed by atoms with Gasteiger partial charge in [-0.25, -0.2) is 4.39 Å². The van der Waals surface area contributed by atoms with Crippen molar-refractivity contribution in [2.24, 2.45) is 18.7 Å². The molecule has 1 fully saturated rings. The predicted octanol–water partition coefficient (Wildman–Crippen LogP) is 2.69. The predicted molar refractivity (Wildman–Crippen MR) is 135 cm³/mol. The summed E-state index contributed by atoms with van der Waals surface area (Å²) in [5, 5.41) is 25.4. The summed E-state index contributed by atoms with van der Waals surface area (Å²) in [6.07, 6.45) is 5.11. The molecule has 11 nitrogen and oxygen atoms in total. The van der Waals surface area contributed by atoms with Gasteiger partial charge in [0.25, 0.3) is 5.91 Å². The third-order valence-electron chi connectivity index (χ3n) is 6.68. The molecule has 1 saturated heterocycles. The second kappa shape index (κ2) is 10.2. The van der Waals surface area contributed by atoms with Gasteiger partial charge in [0, 0.05) is 43.4 Å². The Morgan fingerprint density at radius 1 is 1.30 bits per heavy atom. The van der Waals surface area contributed by atoms with E-state index in [1.165, 1.54) is 26.0 Å². The summed E-state index contributed by atoms with van der Waals surface area (Å²) >= 11 is 0. The summed E-state index contributed by atoms with van der Waals surface area (Å²) in [5.74, 6) is -1.12. The molecular formula is C25H31FN8O3. The van der Waals surface area contributed by atoms with Gasteiger partial charge in [-0.3, -0.25) is 14.3 Å². The maximum atomic E-state index is 14.5. The number of primary amides is 1. The maximum Gasteiger partial charge on any atom is 0.273 e. The molecule has 3 aromatic rings. The highest BCUT2D eigenvalue weighted by Gasteiger charge is 2.32. The monoisotopic (exact) mass is 510 g/mol. The number of benzene rings is 1. The van der Waals surface area contributed by atoms with Crippen molar-refractivity contribution < 1.29 is 19.1 Å². The number of hydrogen-bond acceptors (Lipinski definition) is 9. The molecule has 0 aliphatic carbocycles. The number of anilines is 3. The molecule has 2 atom stereocenters. The number of hydrogen-bond donors (Lipinski definition) is 3. The minimum Gasteiger partial charge on any atom is -0.386 e. The van der Waals surface area contributed by atoms with Gasteiger partial charge in [-0.15, -0.1) is 10.2 Å². The molecule has 0 spiro atoms. The highest BCUT2D eigenvalue weighted by molar-refractivity contribution is 5.97. The topological polar surface area (TPSA) is 152 Å². The van der Waals surface area contributed by atoms with Crippen molar-refractivity contribution in [1.82, 2.24) is 25.0 Å². The van der Waals surface area contributed by atoms with Crippen LogP contribution in [0.25, 0.3) is 0 Å². The molecule has 0 saturated carbocycles. The van der Waals surface area contributed by atoms with E-state index in [2.05, 4.69) is 25.6 Å². The number of carbonyl (C=O) groups is 2. The van der Waals surface area contributed by atoms with Crippen molar-refractivity contribution in [2.45, 2.75) is 51.7 Å². The number of nitrogens with two attached hydrogens (primary N) is 1. The molecule has 196 valence electrons. The Morgan fingerprint density at radius 2 is 2.05 bits per heavy atom. The first-order valence-corrected chi connectivity index (χ1v) is 12.1. The lowest BCUT2D eigenvalue weighted by Gasteiger charge is -2.39. The third kappa shape index (κ3) is 5.74. The number of carbonyl (C=O) groups excluding carboxylic acids is 2. The molecule has 2 aromatic heterocycles. The van der Waals surface area contributed by atoms with Crippen molar-refractivity contribution in [2.75, 3.05) is 16.8 Å². The fourth-order valence-corrected chi connectivity index (χ4v) is 4.63. The number of ketones is 1. The Morgan fingerprint density at radius 3 is 2.68 bits per heavy atom. The molecule has 0 bridgehead atoms. The summed E-state index contributed by atoms with van der Waals surface area (Å²) in [4.78, 5) is 31.4. The molecule has 1 aromatic carbocycles. The minimum atomic E-state index is -1.34. The zero-order valence-corrected chi connectivity index (χ0v) is 21.3. The van der Waals surface area contributed by atoms with Crippen LogP contribution >= 0.6 is 0 Å². The van der Waals surface area contributed by atoms with Gasteiger partial charge >= 0.3 is 0 Å². The van der Waals surface area contributed by atoms with Gasteiger partial charge in [-0.1, -0.05) is 12.1 Å². The van der Waals surface area contributed by atoms with Crippen LogP contribution in [0.5, 0.6) is 0 Å². The van der Waals surface area contributed by atoms with Gasteiger partial charge in [0.1, 0.15) is 5.82 Å². The largest absolute Gasteiger partial charge is 0.386 e. The van der Waals surface area contributed by atoms with Crippen LogP contribution < -0.4 is 16.0 Å². The Labute approximate surface area is 213 Å². The molecule has 1 amide bonds. The number of aliphatic hydroxyl groups is 1. The van der Waals surface area contributed by atoms with Crippen LogP contribution in [-0.4, -0.2) is 54.3 Å². The van der Waals surface area contributed by atoms with Gasteiger partial charge in [-0.05, 0) is 45.6 Å². The molecule has 4 N–H and O–H groups in total. The van der Waals surface area contributed by atoms with Crippen molar-refractivity contribution in [3.8, 4) is 0 Å². The van der Waals surface area contributed by atoms with Gasteiger partial charge in [0.05, 0.1) is 17.5 Å². The Kier molecular flexibility index (Phi) is 7.21. The Bertz CT molecular complexity index is 1320. The number of aromatic nitrogens is 5. The molecule has 1 aliphatic rings. The zero-order chi connectivity index (χ0) is 26.9. The zero-order valence-electron chi connectivity index (χ0n) is 21.3. The number of nitrogens with one attached hydrogen (secondary N) is 1. The summed E-state index contributed by atoms with van der Waals surface area (Å²) in [6.45, 7) is 5.62. The van der Waals surface area contributed by atoms with E-state index in [1.807, 2.05) is 11.8 Å². The first kappa shape index (κ1) is 26.1. The van der Waals surface area contributed by atoms with Crippen molar-refractivity contribution >= 4 is 29.1 Å². The van der Waals surface area contributed by atoms with Crippen LogP contribution in [0.3, 0.4) is 0 Å². The lowest BCUT2D eigenvalue weighted by atomic mass is 9.84. The molecule has 3 heterocycles. The SMILES string of the molecule is C[C@@H]1[C@H](CC(=O)c2ccc(C(C)(C)O)c(F)c2)CCCN1c1nnc(C(N)=O)c(Nc2cnn(C)c2)n1. The van der Waals surface area contributed by atoms with Crippen LogP contribution in [-0.2, 0) is 12.6 Å². The lowest BCUT2D eigenvalue weighted by molar-refractivity contribution is 0.0743. The van der Waals surface area contributed by atoms with E-state index in [0.29, 0.717) is 18.2 Å². The smallest absolute Gasteiger partial charge is 0.273 e. The summed E-state index contributed by atoms with van der Waals surface area (Å²) in [6, 6.07) is 4.07. The standard InChI is InChI=1S/C25H31FN8O3/c1-14-15(11-20(35)16-7-8-18(19(26)10-16)25(2,3)37)6-5-9-34(14)24-30-23(21(22(27)36)31-32-24)29-17-12-28-33(4)13-17/h7-8,10,12-15,37H,5-6,9,11H2,1-4H3,(H2,27,36)(H,29,30,32)/t14-,15+/m1/s1. The minimum absolute atomic E-state index is 0.0348.